The maximum absolute atomic E-state index is 13.6. The quantitative estimate of drug-likeness (QED) is 0.461. The van der Waals surface area contributed by atoms with E-state index in [9.17, 15) is 18.4 Å². The number of nitrogens with zero attached hydrogens (tertiary/aromatic N) is 1. The molecule has 5 nitrogen and oxygen atoms in total. The fourth-order valence-corrected chi connectivity index (χ4v) is 3.67. The van der Waals surface area contributed by atoms with Crippen molar-refractivity contribution in [3.63, 3.8) is 0 Å². The number of rotatable bonds is 3. The minimum absolute atomic E-state index is 0.0966. The van der Waals surface area contributed by atoms with Crippen LogP contribution in [0, 0.1) is 11.6 Å². The summed E-state index contributed by atoms with van der Waals surface area (Å²) in [7, 11) is 0. The smallest absolute Gasteiger partial charge is 0.308 e. The summed E-state index contributed by atoms with van der Waals surface area (Å²) in [6.45, 7) is 0. The molecule has 0 aliphatic rings. The lowest BCUT2D eigenvalue weighted by Crippen LogP contribution is -2.35. The van der Waals surface area contributed by atoms with Crippen molar-refractivity contribution in [1.82, 2.24) is 9.88 Å². The van der Waals surface area contributed by atoms with E-state index in [0.29, 0.717) is 0 Å². The number of hydrogen-bond donors (Lipinski definition) is 2. The highest BCUT2D eigenvalue weighted by Crippen LogP contribution is 2.36. The van der Waals surface area contributed by atoms with E-state index in [4.69, 9.17) is 46.4 Å². The van der Waals surface area contributed by atoms with Crippen LogP contribution in [-0.4, -0.2) is 16.5 Å². The van der Waals surface area contributed by atoms with Gasteiger partial charge in [-0.1, -0.05) is 52.5 Å². The zero-order chi connectivity index (χ0) is 21.3. The molecule has 2 N–H and O–H groups in total. The molecule has 0 saturated heterocycles. The van der Waals surface area contributed by atoms with Gasteiger partial charge in [0.15, 0.2) is 0 Å². The maximum Gasteiger partial charge on any atom is 0.326 e. The molecular weight excluding hydrogens is 470 g/mol. The standard InChI is InChI=1S/C18H9Cl4F2N3O2/c19-9-6-8(7-10(20)16(9)27-13(21)4-5-14(27)22)25-18(29)26-17(28)15-11(23)2-1-3-12(15)24/h1-7H,(H2,25,26,28,29). The second kappa shape index (κ2) is 8.59. The molecule has 3 amide bonds. The highest BCUT2D eigenvalue weighted by Gasteiger charge is 2.20. The van der Waals surface area contributed by atoms with Crippen LogP contribution in [0.3, 0.4) is 0 Å². The Balaban J connectivity index is 1.81. The lowest BCUT2D eigenvalue weighted by atomic mass is 10.2. The van der Waals surface area contributed by atoms with Crippen molar-refractivity contribution in [3.05, 3.63) is 80.0 Å². The molecule has 2 aromatic carbocycles. The first kappa shape index (κ1) is 21.4. The minimum atomic E-state index is -1.25. The molecule has 0 saturated carbocycles. The Labute approximate surface area is 183 Å². The Kier molecular flexibility index (Phi) is 6.33. The van der Waals surface area contributed by atoms with Gasteiger partial charge >= 0.3 is 6.03 Å². The van der Waals surface area contributed by atoms with Crippen molar-refractivity contribution in [2.24, 2.45) is 0 Å². The first-order chi connectivity index (χ1) is 13.7. The van der Waals surface area contributed by atoms with Crippen molar-refractivity contribution in [2.45, 2.75) is 0 Å². The largest absolute Gasteiger partial charge is 0.326 e. The van der Waals surface area contributed by atoms with E-state index in [2.05, 4.69) is 5.32 Å². The molecule has 3 aromatic rings. The Morgan fingerprint density at radius 3 is 1.90 bits per heavy atom. The third kappa shape index (κ3) is 4.48. The molecule has 11 heteroatoms. The van der Waals surface area contributed by atoms with Crippen LogP contribution in [-0.2, 0) is 0 Å². The van der Waals surface area contributed by atoms with Crippen molar-refractivity contribution in [3.8, 4) is 5.69 Å². The van der Waals surface area contributed by atoms with E-state index in [1.54, 1.807) is 12.1 Å². The fourth-order valence-electron chi connectivity index (χ4n) is 2.50. The van der Waals surface area contributed by atoms with Gasteiger partial charge in [-0.15, -0.1) is 0 Å². The van der Waals surface area contributed by atoms with E-state index in [1.807, 2.05) is 5.32 Å². The summed E-state index contributed by atoms with van der Waals surface area (Å²) in [5.74, 6) is -3.46. The molecule has 1 aromatic heterocycles. The van der Waals surface area contributed by atoms with Crippen LogP contribution in [0.4, 0.5) is 19.3 Å². The van der Waals surface area contributed by atoms with Gasteiger partial charge in [-0.05, 0) is 36.4 Å². The number of aromatic nitrogens is 1. The number of amides is 3. The number of anilines is 1. The van der Waals surface area contributed by atoms with Crippen LogP contribution in [0.15, 0.2) is 42.5 Å². The zero-order valence-electron chi connectivity index (χ0n) is 14.1. The van der Waals surface area contributed by atoms with Crippen LogP contribution in [0.2, 0.25) is 20.4 Å². The molecule has 1 heterocycles. The number of nitrogens with one attached hydrogen (secondary N) is 2. The average Bonchev–Trinajstić information content (AvgIpc) is 2.93. The number of carbonyl (C=O) groups is 2. The average molecular weight is 479 g/mol. The van der Waals surface area contributed by atoms with Crippen LogP contribution < -0.4 is 10.6 Å². The topological polar surface area (TPSA) is 63.1 Å². The van der Waals surface area contributed by atoms with Crippen molar-refractivity contribution < 1.29 is 18.4 Å². The Morgan fingerprint density at radius 1 is 0.862 bits per heavy atom. The highest BCUT2D eigenvalue weighted by atomic mass is 35.5. The number of carbonyl (C=O) groups excluding carboxylic acids is 2. The number of urea groups is 1. The van der Waals surface area contributed by atoms with Crippen molar-refractivity contribution >= 4 is 64.0 Å². The molecule has 29 heavy (non-hydrogen) atoms. The number of imide groups is 1. The molecule has 0 unspecified atom stereocenters. The van der Waals surface area contributed by atoms with Gasteiger partial charge in [0, 0.05) is 5.69 Å². The minimum Gasteiger partial charge on any atom is -0.308 e. The van der Waals surface area contributed by atoms with E-state index < -0.39 is 29.1 Å². The van der Waals surface area contributed by atoms with Gasteiger partial charge in [-0.25, -0.2) is 13.6 Å². The highest BCUT2D eigenvalue weighted by molar-refractivity contribution is 6.40. The Bertz CT molecular complexity index is 1070. The zero-order valence-corrected chi connectivity index (χ0v) is 17.1. The summed E-state index contributed by atoms with van der Waals surface area (Å²) < 4.78 is 28.7. The maximum atomic E-state index is 13.6. The molecule has 0 atom stereocenters. The predicted molar refractivity (Wildman–Crippen MR) is 109 cm³/mol. The van der Waals surface area contributed by atoms with Gasteiger partial charge in [0.1, 0.15) is 27.5 Å². The second-order valence-electron chi connectivity index (χ2n) is 5.61. The van der Waals surface area contributed by atoms with Gasteiger partial charge in [-0.3, -0.25) is 14.7 Å². The van der Waals surface area contributed by atoms with E-state index >= 15 is 0 Å². The summed E-state index contributed by atoms with van der Waals surface area (Å²) in [4.78, 5) is 24.0. The second-order valence-corrected chi connectivity index (χ2v) is 7.20. The summed E-state index contributed by atoms with van der Waals surface area (Å²) in [5.41, 5.74) is -0.489. The SMILES string of the molecule is O=C(NC(=O)c1c(F)cccc1F)Nc1cc(Cl)c(-n2c(Cl)ccc2Cl)c(Cl)c1. The Hall–Kier alpha value is -2.32. The van der Waals surface area contributed by atoms with Crippen LogP contribution in [0.1, 0.15) is 10.4 Å². The predicted octanol–water partition coefficient (Wildman–Crippen LogP) is 6.33. The van der Waals surface area contributed by atoms with Crippen LogP contribution in [0.25, 0.3) is 5.69 Å². The van der Waals surface area contributed by atoms with Crippen molar-refractivity contribution in [1.29, 1.82) is 0 Å². The lowest BCUT2D eigenvalue weighted by Gasteiger charge is -2.14. The lowest BCUT2D eigenvalue weighted by molar-refractivity contribution is 0.0959. The fraction of sp³-hybridized carbons (Fsp3) is 0. The molecule has 0 fully saturated rings. The Morgan fingerprint density at radius 2 is 1.38 bits per heavy atom. The van der Waals surface area contributed by atoms with E-state index in [-0.39, 0.29) is 31.7 Å². The van der Waals surface area contributed by atoms with Crippen molar-refractivity contribution in [2.75, 3.05) is 5.32 Å². The van der Waals surface area contributed by atoms with Crippen LogP contribution >= 0.6 is 46.4 Å². The van der Waals surface area contributed by atoms with Gasteiger partial charge in [0.05, 0.1) is 15.7 Å². The molecule has 0 spiro atoms. The summed E-state index contributed by atoms with van der Waals surface area (Å²) in [5, 5.41) is 4.84. The van der Waals surface area contributed by atoms with E-state index in [0.717, 1.165) is 18.2 Å². The third-order valence-corrected chi connectivity index (χ3v) is 4.87. The van der Waals surface area contributed by atoms with Gasteiger partial charge < -0.3 is 5.32 Å². The molecular formula is C18H9Cl4F2N3O2. The van der Waals surface area contributed by atoms with Gasteiger partial charge in [0.2, 0.25) is 0 Å². The van der Waals surface area contributed by atoms with Gasteiger partial charge in [-0.2, -0.15) is 0 Å². The molecule has 0 aliphatic heterocycles. The third-order valence-electron chi connectivity index (χ3n) is 3.70. The molecule has 150 valence electrons. The molecule has 3 rings (SSSR count). The monoisotopic (exact) mass is 477 g/mol. The molecule has 0 radical (unpaired) electrons. The molecule has 0 bridgehead atoms. The van der Waals surface area contributed by atoms with E-state index in [1.165, 1.54) is 16.7 Å². The van der Waals surface area contributed by atoms with Crippen LogP contribution in [0.5, 0.6) is 0 Å². The summed E-state index contributed by atoms with van der Waals surface area (Å²) in [6.07, 6.45) is 0. The summed E-state index contributed by atoms with van der Waals surface area (Å²) >= 11 is 24.6. The number of benzene rings is 2. The normalized spacial score (nSPS) is 10.7. The first-order valence-corrected chi connectivity index (χ1v) is 9.28. The number of halogens is 6. The number of hydrogen-bond acceptors (Lipinski definition) is 2. The molecule has 0 aliphatic carbocycles. The summed E-state index contributed by atoms with van der Waals surface area (Å²) in [6, 6.07) is 7.60. The van der Waals surface area contributed by atoms with Gasteiger partial charge in [0.25, 0.3) is 5.91 Å². The first-order valence-electron chi connectivity index (χ1n) is 7.77.